The number of nitrogens with zero attached hydrogens (tertiary/aromatic N) is 1. The lowest BCUT2D eigenvalue weighted by Crippen LogP contribution is -2.02. The number of aryl methyl sites for hydroxylation is 1. The van der Waals surface area contributed by atoms with Gasteiger partial charge >= 0.3 is 0 Å². The van der Waals surface area contributed by atoms with Gasteiger partial charge in [0.2, 0.25) is 0 Å². The SMILES string of the molecule is Cc1cc([N+](=O)[O-])cc(N)c1OCc1ccc(F)cc1. The largest absolute Gasteiger partial charge is 0.486 e. The molecule has 0 aromatic heterocycles. The fraction of sp³-hybridized carbons (Fsp3) is 0.143. The van der Waals surface area contributed by atoms with Gasteiger partial charge in [0.05, 0.1) is 10.6 Å². The van der Waals surface area contributed by atoms with Gasteiger partial charge in [0.1, 0.15) is 18.2 Å². The van der Waals surface area contributed by atoms with Gasteiger partial charge in [-0.05, 0) is 30.2 Å². The number of anilines is 1. The molecule has 2 rings (SSSR count). The number of halogens is 1. The minimum atomic E-state index is -0.507. The van der Waals surface area contributed by atoms with Crippen LogP contribution in [0.5, 0.6) is 5.75 Å². The van der Waals surface area contributed by atoms with Crippen molar-refractivity contribution >= 4 is 11.4 Å². The summed E-state index contributed by atoms with van der Waals surface area (Å²) in [7, 11) is 0. The molecule has 0 aliphatic carbocycles. The van der Waals surface area contributed by atoms with Gasteiger partial charge in [-0.2, -0.15) is 0 Å². The summed E-state index contributed by atoms with van der Waals surface area (Å²) >= 11 is 0. The van der Waals surface area contributed by atoms with E-state index in [1.54, 1.807) is 19.1 Å². The molecule has 0 aliphatic rings. The van der Waals surface area contributed by atoms with E-state index in [1.807, 2.05) is 0 Å². The number of non-ortho nitro benzene ring substituents is 1. The van der Waals surface area contributed by atoms with E-state index in [4.69, 9.17) is 10.5 Å². The molecule has 0 atom stereocenters. The quantitative estimate of drug-likeness (QED) is 0.528. The van der Waals surface area contributed by atoms with Crippen molar-refractivity contribution in [2.75, 3.05) is 5.73 Å². The Bertz CT molecular complexity index is 618. The van der Waals surface area contributed by atoms with E-state index in [0.29, 0.717) is 11.3 Å². The van der Waals surface area contributed by atoms with Crippen LogP contribution in [0.25, 0.3) is 0 Å². The number of ether oxygens (including phenoxy) is 1. The lowest BCUT2D eigenvalue weighted by molar-refractivity contribution is -0.384. The summed E-state index contributed by atoms with van der Waals surface area (Å²) in [5.74, 6) is 0.0831. The lowest BCUT2D eigenvalue weighted by atomic mass is 10.1. The van der Waals surface area contributed by atoms with E-state index in [2.05, 4.69) is 0 Å². The molecule has 0 unspecified atom stereocenters. The highest BCUT2D eigenvalue weighted by Gasteiger charge is 2.13. The molecule has 104 valence electrons. The Morgan fingerprint density at radius 3 is 2.50 bits per heavy atom. The van der Waals surface area contributed by atoms with Gasteiger partial charge in [-0.15, -0.1) is 0 Å². The number of nitrogen functional groups attached to an aromatic ring is 1. The van der Waals surface area contributed by atoms with Crippen molar-refractivity contribution < 1.29 is 14.1 Å². The Labute approximate surface area is 114 Å². The number of benzene rings is 2. The highest BCUT2D eigenvalue weighted by molar-refractivity contribution is 5.62. The van der Waals surface area contributed by atoms with Crippen LogP contribution in [0, 0.1) is 22.9 Å². The monoisotopic (exact) mass is 276 g/mol. The average molecular weight is 276 g/mol. The first-order chi connectivity index (χ1) is 9.47. The molecule has 20 heavy (non-hydrogen) atoms. The minimum absolute atomic E-state index is 0.0749. The van der Waals surface area contributed by atoms with Gasteiger partial charge in [0.25, 0.3) is 5.69 Å². The van der Waals surface area contributed by atoms with Crippen LogP contribution in [0.4, 0.5) is 15.8 Å². The third-order valence-electron chi connectivity index (χ3n) is 2.80. The number of nitrogens with two attached hydrogens (primary N) is 1. The molecular formula is C14H13FN2O3. The summed E-state index contributed by atoms with van der Waals surface area (Å²) in [4.78, 5) is 10.2. The van der Waals surface area contributed by atoms with E-state index in [9.17, 15) is 14.5 Å². The molecule has 2 aromatic carbocycles. The van der Waals surface area contributed by atoms with Crippen LogP contribution >= 0.6 is 0 Å². The summed E-state index contributed by atoms with van der Waals surface area (Å²) in [5.41, 5.74) is 7.25. The van der Waals surface area contributed by atoms with Crippen LogP contribution in [-0.2, 0) is 6.61 Å². The zero-order chi connectivity index (χ0) is 14.7. The van der Waals surface area contributed by atoms with Crippen LogP contribution in [0.1, 0.15) is 11.1 Å². The van der Waals surface area contributed by atoms with Crippen molar-refractivity contribution in [1.29, 1.82) is 0 Å². The zero-order valence-corrected chi connectivity index (χ0v) is 10.8. The second-order valence-corrected chi connectivity index (χ2v) is 4.35. The molecule has 0 saturated carbocycles. The summed E-state index contributed by atoms with van der Waals surface area (Å²) < 4.78 is 18.3. The van der Waals surface area contributed by atoms with Crippen molar-refractivity contribution in [2.45, 2.75) is 13.5 Å². The maximum atomic E-state index is 12.8. The Balaban J connectivity index is 2.17. The Morgan fingerprint density at radius 1 is 1.30 bits per heavy atom. The molecule has 0 amide bonds. The molecule has 0 fully saturated rings. The van der Waals surface area contributed by atoms with Gasteiger partial charge in [-0.25, -0.2) is 4.39 Å². The summed E-state index contributed by atoms with van der Waals surface area (Å²) in [6, 6.07) is 8.54. The van der Waals surface area contributed by atoms with Gasteiger partial charge < -0.3 is 10.5 Å². The molecule has 6 heteroatoms. The second-order valence-electron chi connectivity index (χ2n) is 4.35. The van der Waals surface area contributed by atoms with E-state index < -0.39 is 4.92 Å². The molecular weight excluding hydrogens is 263 g/mol. The highest BCUT2D eigenvalue weighted by atomic mass is 19.1. The summed E-state index contributed by atoms with van der Waals surface area (Å²) in [5, 5.41) is 10.7. The van der Waals surface area contributed by atoms with E-state index in [-0.39, 0.29) is 23.8 Å². The molecule has 2 aromatic rings. The van der Waals surface area contributed by atoms with E-state index >= 15 is 0 Å². The fourth-order valence-electron chi connectivity index (χ4n) is 1.82. The number of hydrogen-bond donors (Lipinski definition) is 1. The third kappa shape index (κ3) is 3.03. The second kappa shape index (κ2) is 5.56. The van der Waals surface area contributed by atoms with Crippen molar-refractivity contribution in [1.82, 2.24) is 0 Å². The number of nitro benzene ring substituents is 1. The van der Waals surface area contributed by atoms with E-state index in [1.165, 1.54) is 24.3 Å². The minimum Gasteiger partial charge on any atom is -0.486 e. The molecule has 0 spiro atoms. The maximum Gasteiger partial charge on any atom is 0.272 e. The molecule has 0 radical (unpaired) electrons. The highest BCUT2D eigenvalue weighted by Crippen LogP contribution is 2.31. The normalized spacial score (nSPS) is 10.3. The standard InChI is InChI=1S/C14H13FN2O3/c1-9-6-12(17(18)19)7-13(16)14(9)20-8-10-2-4-11(15)5-3-10/h2-7H,8,16H2,1H3. The van der Waals surface area contributed by atoms with Crippen LogP contribution < -0.4 is 10.5 Å². The predicted molar refractivity (Wildman–Crippen MR) is 73.0 cm³/mol. The van der Waals surface area contributed by atoms with Crippen LogP contribution in [-0.4, -0.2) is 4.92 Å². The van der Waals surface area contributed by atoms with Crippen molar-refractivity contribution in [2.24, 2.45) is 0 Å². The van der Waals surface area contributed by atoms with Crippen LogP contribution in [0.3, 0.4) is 0 Å². The summed E-state index contributed by atoms with van der Waals surface area (Å²) in [6.45, 7) is 1.90. The predicted octanol–water partition coefficient (Wildman–Crippen LogP) is 3.20. The van der Waals surface area contributed by atoms with Crippen molar-refractivity contribution in [3.8, 4) is 5.75 Å². The molecule has 5 nitrogen and oxygen atoms in total. The van der Waals surface area contributed by atoms with Gasteiger partial charge in [0.15, 0.2) is 0 Å². The van der Waals surface area contributed by atoms with Crippen LogP contribution in [0.15, 0.2) is 36.4 Å². The topological polar surface area (TPSA) is 78.4 Å². The molecule has 0 aliphatic heterocycles. The number of rotatable bonds is 4. The first-order valence-electron chi connectivity index (χ1n) is 5.89. The zero-order valence-electron chi connectivity index (χ0n) is 10.8. The smallest absolute Gasteiger partial charge is 0.272 e. The van der Waals surface area contributed by atoms with Gasteiger partial charge in [-0.3, -0.25) is 10.1 Å². The molecule has 2 N–H and O–H groups in total. The number of hydrogen-bond acceptors (Lipinski definition) is 4. The van der Waals surface area contributed by atoms with Crippen molar-refractivity contribution in [3.63, 3.8) is 0 Å². The van der Waals surface area contributed by atoms with E-state index in [0.717, 1.165) is 5.56 Å². The maximum absolute atomic E-state index is 12.8. The fourth-order valence-corrected chi connectivity index (χ4v) is 1.82. The Kier molecular flexibility index (Phi) is 3.84. The summed E-state index contributed by atoms with van der Waals surface area (Å²) in [6.07, 6.45) is 0. The molecule has 0 saturated heterocycles. The lowest BCUT2D eigenvalue weighted by Gasteiger charge is -2.11. The molecule has 0 bridgehead atoms. The Morgan fingerprint density at radius 2 is 1.95 bits per heavy atom. The van der Waals surface area contributed by atoms with Crippen LogP contribution in [0.2, 0.25) is 0 Å². The molecule has 0 heterocycles. The van der Waals surface area contributed by atoms with Crippen molar-refractivity contribution in [3.05, 3.63) is 63.5 Å². The third-order valence-corrected chi connectivity index (χ3v) is 2.80. The Hall–Kier alpha value is -2.63. The van der Waals surface area contributed by atoms with Gasteiger partial charge in [0, 0.05) is 12.1 Å². The number of nitro groups is 1. The first kappa shape index (κ1) is 13.8. The first-order valence-corrected chi connectivity index (χ1v) is 5.89. The average Bonchev–Trinajstić information content (AvgIpc) is 2.39. The van der Waals surface area contributed by atoms with Gasteiger partial charge in [-0.1, -0.05) is 12.1 Å².